The number of amides is 2. The van der Waals surface area contributed by atoms with Crippen molar-refractivity contribution in [2.24, 2.45) is 11.8 Å². The topological polar surface area (TPSA) is 83.3 Å². The minimum absolute atomic E-state index is 0.164. The lowest BCUT2D eigenvalue weighted by molar-refractivity contribution is 0.111. The Kier molecular flexibility index (Phi) is 4.57. The normalized spacial score (nSPS) is 19.5. The summed E-state index contributed by atoms with van der Waals surface area (Å²) in [6, 6.07) is -0.332. The van der Waals surface area contributed by atoms with Crippen LogP contribution < -0.4 is 5.32 Å². The highest BCUT2D eigenvalue weighted by atomic mass is 16.3. The monoisotopic (exact) mass is 321 g/mol. The number of nitrogens with one attached hydrogen (secondary N) is 1. The molecule has 0 spiro atoms. The molecule has 0 unspecified atom stereocenters. The molecule has 23 heavy (non-hydrogen) atoms. The Balaban J connectivity index is 1.65. The average Bonchev–Trinajstić information content (AvgIpc) is 3.13. The van der Waals surface area contributed by atoms with Gasteiger partial charge in [0.2, 0.25) is 0 Å². The molecule has 0 saturated heterocycles. The van der Waals surface area contributed by atoms with E-state index in [-0.39, 0.29) is 18.0 Å². The van der Waals surface area contributed by atoms with Crippen LogP contribution >= 0.6 is 0 Å². The van der Waals surface area contributed by atoms with Gasteiger partial charge in [0.05, 0.1) is 12.1 Å². The molecule has 2 heterocycles. The second-order valence-electron chi connectivity index (χ2n) is 7.19. The van der Waals surface area contributed by atoms with E-state index >= 15 is 0 Å². The Labute approximate surface area is 137 Å². The van der Waals surface area contributed by atoms with Crippen LogP contribution in [-0.4, -0.2) is 50.5 Å². The van der Waals surface area contributed by atoms with E-state index in [1.165, 1.54) is 0 Å². The van der Waals surface area contributed by atoms with Crippen LogP contribution in [0.5, 0.6) is 0 Å². The van der Waals surface area contributed by atoms with Crippen LogP contribution in [-0.2, 0) is 13.0 Å². The fourth-order valence-corrected chi connectivity index (χ4v) is 3.17. The summed E-state index contributed by atoms with van der Waals surface area (Å²) in [4.78, 5) is 14.0. The summed E-state index contributed by atoms with van der Waals surface area (Å²) in [6.07, 6.45) is 3.76. The second-order valence-corrected chi connectivity index (χ2v) is 7.19. The van der Waals surface area contributed by atoms with Gasteiger partial charge in [0, 0.05) is 26.6 Å². The van der Waals surface area contributed by atoms with Crippen LogP contribution in [0.15, 0.2) is 0 Å². The fraction of sp³-hybridized carbons (Fsp3) is 0.812. The van der Waals surface area contributed by atoms with E-state index in [4.69, 9.17) is 0 Å². The van der Waals surface area contributed by atoms with Crippen LogP contribution in [0.1, 0.15) is 50.8 Å². The number of fused-ring (bicyclic) bond motifs is 1. The molecule has 128 valence electrons. The third-order valence-electron chi connectivity index (χ3n) is 4.84. The first-order chi connectivity index (χ1) is 11.0. The standard InChI is InChI=1S/C16H27N5O2/c1-10(2)14(15-19-18-13-5-4-8-21(13)15)17-16(23)20(3)9-12(22)11-6-7-11/h10-12,14,22H,4-9H2,1-3H3,(H,17,23)/t12-,14-/m1/s1. The molecule has 1 aromatic heterocycles. The van der Waals surface area contributed by atoms with Gasteiger partial charge in [-0.05, 0) is 31.1 Å². The van der Waals surface area contributed by atoms with Gasteiger partial charge in [-0.1, -0.05) is 13.8 Å². The highest BCUT2D eigenvalue weighted by molar-refractivity contribution is 5.74. The summed E-state index contributed by atoms with van der Waals surface area (Å²) in [5, 5.41) is 21.6. The summed E-state index contributed by atoms with van der Waals surface area (Å²) < 4.78 is 2.13. The molecule has 1 aromatic rings. The smallest absolute Gasteiger partial charge is 0.317 e. The van der Waals surface area contributed by atoms with Crippen LogP contribution in [0, 0.1) is 11.8 Å². The van der Waals surface area contributed by atoms with Crippen LogP contribution in [0.4, 0.5) is 4.79 Å². The first kappa shape index (κ1) is 16.2. The van der Waals surface area contributed by atoms with Crippen molar-refractivity contribution in [1.82, 2.24) is 25.0 Å². The lowest BCUT2D eigenvalue weighted by Crippen LogP contribution is -2.44. The predicted octanol–water partition coefficient (Wildman–Crippen LogP) is 1.33. The van der Waals surface area contributed by atoms with Crippen molar-refractivity contribution in [2.45, 2.75) is 58.2 Å². The first-order valence-corrected chi connectivity index (χ1v) is 8.59. The highest BCUT2D eigenvalue weighted by Gasteiger charge is 2.32. The number of hydrogen-bond donors (Lipinski definition) is 2. The van der Waals surface area contributed by atoms with Gasteiger partial charge < -0.3 is 19.9 Å². The summed E-state index contributed by atoms with van der Waals surface area (Å²) >= 11 is 0. The van der Waals surface area contributed by atoms with Crippen molar-refractivity contribution in [3.63, 3.8) is 0 Å². The number of rotatable bonds is 6. The molecular weight excluding hydrogens is 294 g/mol. The van der Waals surface area contributed by atoms with Gasteiger partial charge in [-0.25, -0.2) is 4.79 Å². The molecule has 1 fully saturated rings. The van der Waals surface area contributed by atoms with Crippen LogP contribution in [0.3, 0.4) is 0 Å². The van der Waals surface area contributed by atoms with Gasteiger partial charge in [0.1, 0.15) is 5.82 Å². The molecule has 1 aliphatic carbocycles. The number of aliphatic hydroxyl groups excluding tert-OH is 1. The first-order valence-electron chi connectivity index (χ1n) is 8.59. The van der Waals surface area contributed by atoms with E-state index in [1.807, 2.05) is 0 Å². The maximum absolute atomic E-state index is 12.5. The molecule has 1 aliphatic heterocycles. The summed E-state index contributed by atoms with van der Waals surface area (Å²) in [5.41, 5.74) is 0. The van der Waals surface area contributed by atoms with Crippen LogP contribution in [0.25, 0.3) is 0 Å². The Morgan fingerprint density at radius 1 is 1.43 bits per heavy atom. The van der Waals surface area contributed by atoms with Gasteiger partial charge in [-0.2, -0.15) is 0 Å². The van der Waals surface area contributed by atoms with Crippen molar-refractivity contribution in [2.75, 3.05) is 13.6 Å². The molecule has 2 N–H and O–H groups in total. The molecular formula is C16H27N5O2. The van der Waals surface area contributed by atoms with Gasteiger partial charge in [0.15, 0.2) is 5.82 Å². The Hall–Kier alpha value is -1.63. The lowest BCUT2D eigenvalue weighted by atomic mass is 10.0. The van der Waals surface area contributed by atoms with Gasteiger partial charge in [-0.15, -0.1) is 10.2 Å². The molecule has 2 amide bonds. The molecule has 2 atom stereocenters. The molecule has 0 aromatic carbocycles. The minimum Gasteiger partial charge on any atom is -0.391 e. The van der Waals surface area contributed by atoms with Crippen molar-refractivity contribution in [1.29, 1.82) is 0 Å². The quantitative estimate of drug-likeness (QED) is 0.828. The Bertz CT molecular complexity index is 567. The molecule has 2 aliphatic rings. The second kappa shape index (κ2) is 6.47. The zero-order valence-corrected chi connectivity index (χ0v) is 14.2. The maximum atomic E-state index is 12.5. The molecule has 7 heteroatoms. The number of aromatic nitrogens is 3. The van der Waals surface area contributed by atoms with E-state index in [9.17, 15) is 9.90 Å². The summed E-state index contributed by atoms with van der Waals surface area (Å²) in [6.45, 7) is 5.44. The molecule has 1 saturated carbocycles. The zero-order valence-electron chi connectivity index (χ0n) is 14.2. The van der Waals surface area contributed by atoms with Gasteiger partial charge in [-0.3, -0.25) is 0 Å². The lowest BCUT2D eigenvalue weighted by Gasteiger charge is -2.27. The van der Waals surface area contributed by atoms with Crippen LogP contribution in [0.2, 0.25) is 0 Å². The fourth-order valence-electron chi connectivity index (χ4n) is 3.17. The third-order valence-corrected chi connectivity index (χ3v) is 4.84. The summed E-state index contributed by atoms with van der Waals surface area (Å²) in [5.74, 6) is 2.44. The highest BCUT2D eigenvalue weighted by Crippen LogP contribution is 2.32. The van der Waals surface area contributed by atoms with Crippen molar-refractivity contribution < 1.29 is 9.90 Å². The zero-order chi connectivity index (χ0) is 16.6. The average molecular weight is 321 g/mol. The number of hydrogen-bond acceptors (Lipinski definition) is 4. The van der Waals surface area contributed by atoms with E-state index < -0.39 is 6.10 Å². The van der Waals surface area contributed by atoms with Gasteiger partial charge in [0.25, 0.3) is 0 Å². The van der Waals surface area contributed by atoms with Crippen molar-refractivity contribution in [3.8, 4) is 0 Å². The minimum atomic E-state index is -0.416. The number of aliphatic hydroxyl groups is 1. The molecule has 0 radical (unpaired) electrons. The van der Waals surface area contributed by atoms with Crippen molar-refractivity contribution in [3.05, 3.63) is 11.6 Å². The van der Waals surface area contributed by atoms with E-state index in [0.717, 1.165) is 43.9 Å². The van der Waals surface area contributed by atoms with Gasteiger partial charge >= 0.3 is 6.03 Å². The molecule has 7 nitrogen and oxygen atoms in total. The number of aryl methyl sites for hydroxylation is 1. The number of nitrogens with zero attached hydrogens (tertiary/aromatic N) is 4. The van der Waals surface area contributed by atoms with E-state index in [2.05, 4.69) is 33.9 Å². The summed E-state index contributed by atoms with van der Waals surface area (Å²) in [7, 11) is 1.73. The van der Waals surface area contributed by atoms with Crippen molar-refractivity contribution >= 4 is 6.03 Å². The predicted molar refractivity (Wildman–Crippen MR) is 85.8 cm³/mol. The number of carbonyl (C=O) groups is 1. The maximum Gasteiger partial charge on any atom is 0.317 e. The van der Waals surface area contributed by atoms with E-state index in [0.29, 0.717) is 12.5 Å². The number of urea groups is 1. The number of likely N-dealkylation sites (N-methyl/N-ethyl adjacent to an activating group) is 1. The number of carbonyl (C=O) groups excluding carboxylic acids is 1. The SMILES string of the molecule is CC(C)[C@@H](NC(=O)N(C)C[C@@H](O)C1CC1)c1nnc2n1CCC2. The third kappa shape index (κ3) is 3.49. The Morgan fingerprint density at radius 3 is 2.83 bits per heavy atom. The largest absolute Gasteiger partial charge is 0.391 e. The van der Waals surface area contributed by atoms with E-state index in [1.54, 1.807) is 11.9 Å². The Morgan fingerprint density at radius 2 is 2.17 bits per heavy atom. The molecule has 0 bridgehead atoms. The molecule has 3 rings (SSSR count).